The number of hydrogen-bond donors (Lipinski definition) is 1. The molecule has 3 amide bonds. The zero-order valence-corrected chi connectivity index (χ0v) is 19.8. The van der Waals surface area contributed by atoms with Crippen molar-refractivity contribution in [3.63, 3.8) is 0 Å². The second-order valence-corrected chi connectivity index (χ2v) is 8.86. The monoisotopic (exact) mass is 487 g/mol. The highest BCUT2D eigenvalue weighted by Crippen LogP contribution is 2.35. The summed E-state index contributed by atoms with van der Waals surface area (Å²) in [5.74, 6) is -1.19. The Morgan fingerprint density at radius 2 is 1.43 bits per heavy atom. The van der Waals surface area contributed by atoms with E-state index in [1.807, 2.05) is 37.3 Å². The van der Waals surface area contributed by atoms with E-state index in [4.69, 9.17) is 4.42 Å². The summed E-state index contributed by atoms with van der Waals surface area (Å²) in [6.07, 6.45) is 0. The second-order valence-electron chi connectivity index (χ2n) is 8.86. The SMILES string of the molecule is Cc1ccc2oc(-c3ccccc3NC(=O)C(c3ccccc3)N3C(=O)c4ccccc4C3=O)nc2c1. The van der Waals surface area contributed by atoms with Gasteiger partial charge in [-0.2, -0.15) is 0 Å². The highest BCUT2D eigenvalue weighted by molar-refractivity contribution is 6.23. The van der Waals surface area contributed by atoms with Gasteiger partial charge in [0.05, 0.1) is 22.4 Å². The van der Waals surface area contributed by atoms with E-state index in [1.165, 1.54) is 0 Å². The number of oxazole rings is 1. The van der Waals surface area contributed by atoms with Crippen LogP contribution in [0.25, 0.3) is 22.6 Å². The van der Waals surface area contributed by atoms with Crippen molar-refractivity contribution in [3.8, 4) is 11.5 Å². The molecule has 7 heteroatoms. The molecule has 1 N–H and O–H groups in total. The highest BCUT2D eigenvalue weighted by atomic mass is 16.3. The Bertz CT molecular complexity index is 1650. The molecule has 7 nitrogen and oxygen atoms in total. The van der Waals surface area contributed by atoms with Gasteiger partial charge in [-0.15, -0.1) is 0 Å². The van der Waals surface area contributed by atoms with Crippen LogP contribution in [0, 0.1) is 6.92 Å². The average molecular weight is 488 g/mol. The molecule has 0 fully saturated rings. The van der Waals surface area contributed by atoms with Crippen LogP contribution in [-0.4, -0.2) is 27.6 Å². The van der Waals surface area contributed by atoms with Crippen molar-refractivity contribution in [1.29, 1.82) is 0 Å². The van der Waals surface area contributed by atoms with E-state index in [0.29, 0.717) is 33.8 Å². The Morgan fingerprint density at radius 1 is 0.811 bits per heavy atom. The Labute approximate surface area is 212 Å². The largest absolute Gasteiger partial charge is 0.436 e. The third kappa shape index (κ3) is 3.87. The van der Waals surface area contributed by atoms with Gasteiger partial charge in [0.15, 0.2) is 5.58 Å². The zero-order chi connectivity index (χ0) is 25.5. The zero-order valence-electron chi connectivity index (χ0n) is 19.8. The van der Waals surface area contributed by atoms with Gasteiger partial charge in [-0.3, -0.25) is 19.3 Å². The van der Waals surface area contributed by atoms with Gasteiger partial charge in [0.2, 0.25) is 5.89 Å². The summed E-state index contributed by atoms with van der Waals surface area (Å²) in [7, 11) is 0. The van der Waals surface area contributed by atoms with Gasteiger partial charge in [0.1, 0.15) is 11.6 Å². The van der Waals surface area contributed by atoms with E-state index in [0.717, 1.165) is 10.5 Å². The minimum absolute atomic E-state index is 0.281. The molecule has 4 aromatic carbocycles. The van der Waals surface area contributed by atoms with Gasteiger partial charge in [-0.25, -0.2) is 4.98 Å². The third-order valence-electron chi connectivity index (χ3n) is 6.41. The number of benzene rings is 4. The fourth-order valence-corrected chi connectivity index (χ4v) is 4.63. The molecule has 0 bridgehead atoms. The number of anilines is 1. The van der Waals surface area contributed by atoms with Crippen LogP contribution in [0.2, 0.25) is 0 Å². The maximum atomic E-state index is 13.8. The number of para-hydroxylation sites is 1. The van der Waals surface area contributed by atoms with E-state index in [-0.39, 0.29) is 11.1 Å². The van der Waals surface area contributed by atoms with Crippen LogP contribution < -0.4 is 5.32 Å². The van der Waals surface area contributed by atoms with Crippen LogP contribution in [0.5, 0.6) is 0 Å². The molecule has 0 radical (unpaired) electrons. The molecule has 1 aliphatic rings. The highest BCUT2D eigenvalue weighted by Gasteiger charge is 2.43. The minimum Gasteiger partial charge on any atom is -0.436 e. The molecule has 6 rings (SSSR count). The summed E-state index contributed by atoms with van der Waals surface area (Å²) in [5, 5.41) is 2.92. The lowest BCUT2D eigenvalue weighted by atomic mass is 10.0. The topological polar surface area (TPSA) is 92.5 Å². The smallest absolute Gasteiger partial charge is 0.262 e. The predicted molar refractivity (Wildman–Crippen MR) is 139 cm³/mol. The molecule has 0 saturated heterocycles. The number of imide groups is 1. The lowest BCUT2D eigenvalue weighted by Crippen LogP contribution is -2.41. The third-order valence-corrected chi connectivity index (χ3v) is 6.41. The molecular weight excluding hydrogens is 466 g/mol. The molecule has 1 atom stereocenters. The standard InChI is InChI=1S/C30H21N3O4/c1-18-15-16-25-24(17-18)32-28(37-25)22-13-7-8-14-23(22)31-27(34)26(19-9-3-2-4-10-19)33-29(35)20-11-5-6-12-21(20)30(33)36/h2-17,26H,1H3,(H,31,34). The molecule has 2 heterocycles. The van der Waals surface area contributed by atoms with E-state index in [9.17, 15) is 14.4 Å². The number of hydrogen-bond acceptors (Lipinski definition) is 5. The maximum Gasteiger partial charge on any atom is 0.262 e. The number of aromatic nitrogens is 1. The number of rotatable bonds is 5. The second kappa shape index (κ2) is 8.87. The first-order chi connectivity index (χ1) is 18.0. The summed E-state index contributed by atoms with van der Waals surface area (Å²) < 4.78 is 5.97. The fraction of sp³-hybridized carbons (Fsp3) is 0.0667. The Hall–Kier alpha value is -5.04. The quantitative estimate of drug-likeness (QED) is 0.317. The molecule has 1 unspecified atom stereocenters. The molecule has 1 aromatic heterocycles. The Kier molecular flexibility index (Phi) is 5.38. The van der Waals surface area contributed by atoms with E-state index in [1.54, 1.807) is 66.7 Å². The number of nitrogens with zero attached hydrogens (tertiary/aromatic N) is 2. The molecular formula is C30H21N3O4. The van der Waals surface area contributed by atoms with Crippen molar-refractivity contribution in [2.24, 2.45) is 0 Å². The van der Waals surface area contributed by atoms with Crippen molar-refractivity contribution in [3.05, 3.63) is 119 Å². The van der Waals surface area contributed by atoms with Gasteiger partial charge >= 0.3 is 0 Å². The Morgan fingerprint density at radius 3 is 2.14 bits per heavy atom. The molecule has 0 saturated carbocycles. The molecule has 37 heavy (non-hydrogen) atoms. The van der Waals surface area contributed by atoms with Gasteiger partial charge in [-0.1, -0.05) is 60.7 Å². The number of nitrogens with one attached hydrogen (secondary N) is 1. The lowest BCUT2D eigenvalue weighted by molar-refractivity contribution is -0.120. The van der Waals surface area contributed by atoms with Gasteiger partial charge < -0.3 is 9.73 Å². The van der Waals surface area contributed by atoms with Crippen LogP contribution in [0.4, 0.5) is 5.69 Å². The maximum absolute atomic E-state index is 13.8. The first-order valence-corrected chi connectivity index (χ1v) is 11.8. The average Bonchev–Trinajstić information content (AvgIpc) is 3.44. The van der Waals surface area contributed by atoms with E-state index >= 15 is 0 Å². The van der Waals surface area contributed by atoms with Crippen molar-refractivity contribution in [2.75, 3.05) is 5.32 Å². The normalized spacial score (nSPS) is 13.6. The number of carbonyl (C=O) groups is 3. The summed E-state index contributed by atoms with van der Waals surface area (Å²) >= 11 is 0. The van der Waals surface area contributed by atoms with Crippen LogP contribution in [0.15, 0.2) is 101 Å². The van der Waals surface area contributed by atoms with Crippen molar-refractivity contribution in [2.45, 2.75) is 13.0 Å². The summed E-state index contributed by atoms with van der Waals surface area (Å²) in [5.41, 5.74) is 4.52. The fourth-order valence-electron chi connectivity index (χ4n) is 4.63. The lowest BCUT2D eigenvalue weighted by Gasteiger charge is -2.26. The summed E-state index contributed by atoms with van der Waals surface area (Å²) in [6, 6.07) is 27.1. The number of aryl methyl sites for hydroxylation is 1. The molecule has 0 spiro atoms. The molecule has 1 aliphatic heterocycles. The van der Waals surface area contributed by atoms with Gasteiger partial charge in [0, 0.05) is 0 Å². The van der Waals surface area contributed by atoms with Crippen LogP contribution in [-0.2, 0) is 4.79 Å². The first kappa shape index (κ1) is 22.4. The predicted octanol–water partition coefficient (Wildman–Crippen LogP) is 5.78. The summed E-state index contributed by atoms with van der Waals surface area (Å²) in [6.45, 7) is 1.98. The van der Waals surface area contributed by atoms with Crippen LogP contribution >= 0.6 is 0 Å². The van der Waals surface area contributed by atoms with Crippen LogP contribution in [0.3, 0.4) is 0 Å². The number of carbonyl (C=O) groups excluding carboxylic acids is 3. The molecule has 180 valence electrons. The minimum atomic E-state index is -1.17. The first-order valence-electron chi connectivity index (χ1n) is 11.8. The van der Waals surface area contributed by atoms with E-state index < -0.39 is 23.8 Å². The summed E-state index contributed by atoms with van der Waals surface area (Å²) in [4.78, 5) is 46.1. The molecule has 0 aliphatic carbocycles. The number of amides is 3. The molecule has 5 aromatic rings. The van der Waals surface area contributed by atoms with Crippen molar-refractivity contribution >= 4 is 34.5 Å². The van der Waals surface area contributed by atoms with Crippen molar-refractivity contribution < 1.29 is 18.8 Å². The van der Waals surface area contributed by atoms with Crippen molar-refractivity contribution in [1.82, 2.24) is 9.88 Å². The number of fused-ring (bicyclic) bond motifs is 2. The Balaban J connectivity index is 1.39. The van der Waals surface area contributed by atoms with Crippen LogP contribution in [0.1, 0.15) is 37.9 Å². The van der Waals surface area contributed by atoms with Gasteiger partial charge in [0.25, 0.3) is 17.7 Å². The van der Waals surface area contributed by atoms with E-state index in [2.05, 4.69) is 10.3 Å². The van der Waals surface area contributed by atoms with Gasteiger partial charge in [-0.05, 0) is 54.4 Å².